The highest BCUT2D eigenvalue weighted by molar-refractivity contribution is 5.84. The van der Waals surface area contributed by atoms with Crippen LogP contribution < -0.4 is 5.73 Å². The summed E-state index contributed by atoms with van der Waals surface area (Å²) in [5.74, 6) is -0.000924. The van der Waals surface area contributed by atoms with Gasteiger partial charge in [0.2, 0.25) is 5.91 Å². The maximum atomic E-state index is 12.8. The first kappa shape index (κ1) is 15.5. The lowest BCUT2D eigenvalue weighted by Crippen LogP contribution is -2.52. The van der Waals surface area contributed by atoms with Crippen LogP contribution in [0.25, 0.3) is 0 Å². The molecule has 0 bridgehead atoms. The van der Waals surface area contributed by atoms with Gasteiger partial charge in [-0.3, -0.25) is 9.69 Å². The number of nitrogens with two attached hydrogens (primary N) is 1. The van der Waals surface area contributed by atoms with Crippen molar-refractivity contribution in [3.05, 3.63) is 35.9 Å². The number of hydrogen-bond donors (Lipinski definition) is 1. The third kappa shape index (κ3) is 3.33. The van der Waals surface area contributed by atoms with E-state index in [2.05, 4.69) is 4.90 Å². The maximum Gasteiger partial charge on any atom is 0.231 e. The molecule has 2 fully saturated rings. The first-order chi connectivity index (χ1) is 10.8. The van der Waals surface area contributed by atoms with E-state index in [4.69, 9.17) is 5.73 Å². The number of hydrogen-bond acceptors (Lipinski definition) is 3. The molecular formula is C18H27N3O. The summed E-state index contributed by atoms with van der Waals surface area (Å²) in [5, 5.41) is 0. The van der Waals surface area contributed by atoms with Gasteiger partial charge in [0.15, 0.2) is 0 Å². The Bertz CT molecular complexity index is 476. The van der Waals surface area contributed by atoms with E-state index in [1.165, 1.54) is 25.7 Å². The van der Waals surface area contributed by atoms with Crippen molar-refractivity contribution in [2.24, 2.45) is 5.73 Å². The molecule has 2 N–H and O–H groups in total. The maximum absolute atomic E-state index is 12.8. The van der Waals surface area contributed by atoms with Crippen LogP contribution in [0, 0.1) is 0 Å². The van der Waals surface area contributed by atoms with E-state index >= 15 is 0 Å². The Morgan fingerprint density at radius 1 is 1.09 bits per heavy atom. The summed E-state index contributed by atoms with van der Waals surface area (Å²) in [5.41, 5.74) is 6.92. The number of carbonyl (C=O) groups is 1. The van der Waals surface area contributed by atoms with Crippen molar-refractivity contribution in [3.63, 3.8) is 0 Å². The quantitative estimate of drug-likeness (QED) is 0.923. The topological polar surface area (TPSA) is 49.6 Å². The Balaban J connectivity index is 1.58. The van der Waals surface area contributed by atoms with Crippen LogP contribution >= 0.6 is 0 Å². The molecule has 0 radical (unpaired) electrons. The summed E-state index contributed by atoms with van der Waals surface area (Å²) in [6.45, 7) is 4.11. The molecule has 1 saturated heterocycles. The molecule has 1 amide bonds. The highest BCUT2D eigenvalue weighted by Crippen LogP contribution is 2.25. The fraction of sp³-hybridized carbons (Fsp3) is 0.611. The van der Waals surface area contributed by atoms with Crippen molar-refractivity contribution < 1.29 is 4.79 Å². The van der Waals surface area contributed by atoms with Gasteiger partial charge in [-0.1, -0.05) is 43.2 Å². The largest absolute Gasteiger partial charge is 0.340 e. The number of amides is 1. The van der Waals surface area contributed by atoms with Crippen LogP contribution in [-0.2, 0) is 4.79 Å². The number of benzene rings is 1. The molecule has 1 saturated carbocycles. The molecule has 4 nitrogen and oxygen atoms in total. The van der Waals surface area contributed by atoms with Gasteiger partial charge in [-0.2, -0.15) is 0 Å². The third-order valence-electron chi connectivity index (χ3n) is 5.20. The van der Waals surface area contributed by atoms with Gasteiger partial charge in [0.05, 0.1) is 5.92 Å². The van der Waals surface area contributed by atoms with Crippen LogP contribution in [0.5, 0.6) is 0 Å². The molecular weight excluding hydrogens is 274 g/mol. The molecule has 3 rings (SSSR count). The molecule has 1 aliphatic carbocycles. The standard InChI is InChI=1S/C18H27N3O/c19-14-17(15-6-2-1-3-7-15)18(22)21-12-10-20(11-13-21)16-8-4-5-9-16/h1-3,6-7,16-17H,4-5,8-14,19H2. The molecule has 1 aromatic rings. The van der Waals surface area contributed by atoms with Crippen molar-refractivity contribution >= 4 is 5.91 Å². The van der Waals surface area contributed by atoms with E-state index in [-0.39, 0.29) is 11.8 Å². The van der Waals surface area contributed by atoms with Crippen molar-refractivity contribution in [2.75, 3.05) is 32.7 Å². The summed E-state index contributed by atoms with van der Waals surface area (Å²) < 4.78 is 0. The van der Waals surface area contributed by atoms with Gasteiger partial charge in [-0.15, -0.1) is 0 Å². The van der Waals surface area contributed by atoms with Gasteiger partial charge in [-0.05, 0) is 18.4 Å². The van der Waals surface area contributed by atoms with Crippen LogP contribution in [-0.4, -0.2) is 54.5 Å². The van der Waals surface area contributed by atoms with Crippen LogP contribution in [0.15, 0.2) is 30.3 Å². The van der Waals surface area contributed by atoms with E-state index in [0.29, 0.717) is 6.54 Å². The van der Waals surface area contributed by atoms with Crippen molar-refractivity contribution in [1.29, 1.82) is 0 Å². The normalized spacial score (nSPS) is 22.0. The summed E-state index contributed by atoms with van der Waals surface area (Å²) >= 11 is 0. The first-order valence-electron chi connectivity index (χ1n) is 8.57. The molecule has 22 heavy (non-hydrogen) atoms. The molecule has 0 spiro atoms. The smallest absolute Gasteiger partial charge is 0.231 e. The number of rotatable bonds is 4. The zero-order chi connectivity index (χ0) is 15.4. The number of nitrogens with zero attached hydrogens (tertiary/aromatic N) is 2. The fourth-order valence-electron chi connectivity index (χ4n) is 3.86. The highest BCUT2D eigenvalue weighted by Gasteiger charge is 2.30. The molecule has 1 aliphatic heterocycles. The first-order valence-corrected chi connectivity index (χ1v) is 8.57. The second-order valence-corrected chi connectivity index (χ2v) is 6.50. The van der Waals surface area contributed by atoms with E-state index in [0.717, 1.165) is 37.8 Å². The lowest BCUT2D eigenvalue weighted by Gasteiger charge is -2.39. The van der Waals surface area contributed by atoms with Crippen molar-refractivity contribution in [2.45, 2.75) is 37.6 Å². The van der Waals surface area contributed by atoms with Gasteiger partial charge in [-0.25, -0.2) is 0 Å². The average Bonchev–Trinajstić information content (AvgIpc) is 3.11. The highest BCUT2D eigenvalue weighted by atomic mass is 16.2. The van der Waals surface area contributed by atoms with Crippen molar-refractivity contribution in [1.82, 2.24) is 9.80 Å². The Morgan fingerprint density at radius 3 is 2.32 bits per heavy atom. The van der Waals surface area contributed by atoms with Crippen LogP contribution in [0.3, 0.4) is 0 Å². The number of carbonyl (C=O) groups excluding carboxylic acids is 1. The van der Waals surface area contributed by atoms with Gasteiger partial charge < -0.3 is 10.6 Å². The van der Waals surface area contributed by atoms with Gasteiger partial charge >= 0.3 is 0 Å². The lowest BCUT2D eigenvalue weighted by atomic mass is 9.97. The Morgan fingerprint density at radius 2 is 1.73 bits per heavy atom. The van der Waals surface area contributed by atoms with E-state index in [1.807, 2.05) is 35.2 Å². The van der Waals surface area contributed by atoms with Gasteiger partial charge in [0.25, 0.3) is 0 Å². The van der Waals surface area contributed by atoms with E-state index < -0.39 is 0 Å². The summed E-state index contributed by atoms with van der Waals surface area (Å²) in [6, 6.07) is 10.7. The van der Waals surface area contributed by atoms with Crippen molar-refractivity contribution in [3.8, 4) is 0 Å². The molecule has 2 aliphatic rings. The Labute approximate surface area is 133 Å². The summed E-state index contributed by atoms with van der Waals surface area (Å²) in [6.07, 6.45) is 5.41. The zero-order valence-corrected chi connectivity index (χ0v) is 13.3. The third-order valence-corrected chi connectivity index (χ3v) is 5.20. The van der Waals surface area contributed by atoms with E-state index in [9.17, 15) is 4.79 Å². The Hall–Kier alpha value is -1.39. The molecule has 120 valence electrons. The zero-order valence-electron chi connectivity index (χ0n) is 13.3. The minimum Gasteiger partial charge on any atom is -0.340 e. The molecule has 1 aromatic carbocycles. The van der Waals surface area contributed by atoms with Crippen LogP contribution in [0.4, 0.5) is 0 Å². The van der Waals surface area contributed by atoms with Crippen LogP contribution in [0.2, 0.25) is 0 Å². The van der Waals surface area contributed by atoms with E-state index in [1.54, 1.807) is 0 Å². The molecule has 1 heterocycles. The SMILES string of the molecule is NCC(C(=O)N1CCN(C2CCCC2)CC1)c1ccccc1. The Kier molecular flexibility index (Phi) is 5.11. The molecule has 4 heteroatoms. The van der Waals surface area contributed by atoms with Gasteiger partial charge in [0.1, 0.15) is 0 Å². The molecule has 1 unspecified atom stereocenters. The van der Waals surface area contributed by atoms with Crippen LogP contribution in [0.1, 0.15) is 37.2 Å². The summed E-state index contributed by atoms with van der Waals surface area (Å²) in [4.78, 5) is 17.4. The predicted molar refractivity (Wildman–Crippen MR) is 88.6 cm³/mol. The summed E-state index contributed by atoms with van der Waals surface area (Å²) in [7, 11) is 0. The molecule has 0 aromatic heterocycles. The minimum absolute atomic E-state index is 0.194. The second kappa shape index (κ2) is 7.25. The second-order valence-electron chi connectivity index (χ2n) is 6.50. The average molecular weight is 301 g/mol. The number of piperazine rings is 1. The lowest BCUT2D eigenvalue weighted by molar-refractivity contribution is -0.134. The predicted octanol–water partition coefficient (Wildman–Crippen LogP) is 1.82. The van der Waals surface area contributed by atoms with Gasteiger partial charge in [0, 0.05) is 38.8 Å². The minimum atomic E-state index is -0.195. The molecule has 1 atom stereocenters. The monoisotopic (exact) mass is 301 g/mol. The fourth-order valence-corrected chi connectivity index (χ4v) is 3.86.